The Morgan fingerprint density at radius 2 is 0.629 bits per heavy atom. The molecule has 0 aliphatic heterocycles. The Hall–Kier alpha value is -16.0. The highest BCUT2D eigenvalue weighted by atomic mass is 19.1. The van der Waals surface area contributed by atoms with E-state index in [1.165, 1.54) is 44.9 Å². The van der Waals surface area contributed by atoms with Crippen LogP contribution in [0.2, 0.25) is 0 Å². The molecule has 0 amide bonds. The first-order chi connectivity index (χ1) is 68.2. The zero-order valence-electron chi connectivity index (χ0n) is 82.3. The number of rotatable bonds is 28. The number of methoxy groups -OCH3 is 5. The summed E-state index contributed by atoms with van der Waals surface area (Å²) in [6.45, 7) is 21.8. The molecule has 19 nitrogen and oxygen atoms in total. The molecule has 6 heterocycles. The topological polar surface area (TPSA) is 172 Å². The molecule has 0 spiro atoms. The first-order valence-electron chi connectivity index (χ1n) is 47.5. The van der Waals surface area contributed by atoms with E-state index in [2.05, 4.69) is 246 Å². The molecule has 20 heteroatoms. The molecule has 0 bridgehead atoms. The number of benzene rings is 14. The van der Waals surface area contributed by atoms with Crippen molar-refractivity contribution in [3.05, 3.63) is 425 Å². The van der Waals surface area contributed by atoms with Crippen LogP contribution in [-0.2, 0) is 75.8 Å². The van der Waals surface area contributed by atoms with Gasteiger partial charge in [0.05, 0.1) is 121 Å². The van der Waals surface area contributed by atoms with E-state index in [-0.39, 0.29) is 16.9 Å². The molecule has 20 rings (SSSR count). The number of nitrogens with zero attached hydrogens (tertiary/aromatic N) is 12. The van der Waals surface area contributed by atoms with Gasteiger partial charge >= 0.3 is 0 Å². The fourth-order valence-corrected chi connectivity index (χ4v) is 17.6. The number of para-hydroxylation sites is 13. The minimum Gasteiger partial charge on any atom is -0.497 e. The number of aryl methyl sites for hydroxylation is 3. The van der Waals surface area contributed by atoms with Crippen molar-refractivity contribution >= 4 is 66.2 Å². The Bertz CT molecular complexity index is 7500. The van der Waals surface area contributed by atoms with Gasteiger partial charge in [-0.05, 0) is 246 Å². The largest absolute Gasteiger partial charge is 0.497 e. The quantitative estimate of drug-likeness (QED) is 0.0335. The summed E-state index contributed by atoms with van der Waals surface area (Å²) in [5.74, 6) is 14.4. The van der Waals surface area contributed by atoms with Gasteiger partial charge in [-0.15, -0.1) is 6.42 Å². The Morgan fingerprint density at radius 3 is 1.06 bits per heavy atom. The van der Waals surface area contributed by atoms with Crippen LogP contribution in [0.25, 0.3) is 66.2 Å². The third-order valence-electron chi connectivity index (χ3n) is 24.0. The van der Waals surface area contributed by atoms with E-state index >= 15 is 0 Å². The highest BCUT2D eigenvalue weighted by Gasteiger charge is 2.25. The number of halogens is 1. The maximum atomic E-state index is 13.4. The number of hydrogen-bond donors (Lipinski definition) is 0. The van der Waals surface area contributed by atoms with Crippen molar-refractivity contribution in [1.29, 1.82) is 0 Å². The van der Waals surface area contributed by atoms with Crippen molar-refractivity contribution in [2.45, 2.75) is 138 Å². The van der Waals surface area contributed by atoms with E-state index in [4.69, 9.17) is 69.5 Å². The van der Waals surface area contributed by atoms with Crippen LogP contribution >= 0.6 is 0 Å². The van der Waals surface area contributed by atoms with Gasteiger partial charge in [0.2, 0.25) is 0 Å². The smallest absolute Gasteiger partial charge is 0.161 e. The first-order valence-corrected chi connectivity index (χ1v) is 47.5. The Morgan fingerprint density at radius 1 is 0.293 bits per heavy atom. The van der Waals surface area contributed by atoms with Gasteiger partial charge in [-0.2, -0.15) is 0 Å². The third kappa shape index (κ3) is 25.2. The molecule has 0 saturated carbocycles. The number of fused-ring (bicyclic) bond motifs is 6. The summed E-state index contributed by atoms with van der Waals surface area (Å²) in [5.41, 5.74) is 21.1. The second-order valence-electron chi connectivity index (χ2n) is 36.0. The van der Waals surface area contributed by atoms with Crippen LogP contribution in [0.15, 0.2) is 346 Å². The normalized spacial score (nSPS) is 11.2. The van der Waals surface area contributed by atoms with Crippen molar-refractivity contribution in [1.82, 2.24) is 57.3 Å². The molecule has 0 atom stereocenters. The molecule has 6 aromatic heterocycles. The lowest BCUT2D eigenvalue weighted by molar-refractivity contribution is 0.298. The molecule has 14 aromatic carbocycles. The maximum Gasteiger partial charge on any atom is 0.161 e. The molecule has 0 unspecified atom stereocenters. The number of imidazole rings is 6. The van der Waals surface area contributed by atoms with E-state index in [9.17, 15) is 4.39 Å². The number of terminal acetylenes is 1. The van der Waals surface area contributed by atoms with E-state index in [1.54, 1.807) is 47.7 Å². The minimum absolute atomic E-state index is 0.00962. The molecule has 0 radical (unpaired) electrons. The zero-order valence-corrected chi connectivity index (χ0v) is 82.3. The maximum absolute atomic E-state index is 13.4. The summed E-state index contributed by atoms with van der Waals surface area (Å²) < 4.78 is 65.3. The van der Waals surface area contributed by atoms with E-state index in [1.807, 2.05) is 170 Å². The van der Waals surface area contributed by atoms with Gasteiger partial charge in [-0.1, -0.05) is 206 Å². The Balaban J connectivity index is 0.000000127. The molecule has 0 N–H and O–H groups in total. The average molecular weight is 1860 g/mol. The van der Waals surface area contributed by atoms with Crippen LogP contribution in [0.5, 0.6) is 40.2 Å². The van der Waals surface area contributed by atoms with Crippen LogP contribution < -0.4 is 33.2 Å². The summed E-state index contributed by atoms with van der Waals surface area (Å²) >= 11 is 0. The SMILES string of the molecule is C#CCn1c(Cc2ccc(OC)c(OC)c2)nc2ccccc21.CC(C)(C)n1c(Cc2cccc(F)c2)nc2ccccc21.CCn1c(Cc2ccc(OC)c(OC)c2)nc2ccccc21.COc1cccc(Cc2nc3ccccc3n2C(C)(C)C)c1.Cc1cccc(OCCn2c(Cc3ccccc3)nc3ccccc32)c1.c1ccc(Cc2nc3ccccc3n2CCCOc2ccccc2)cc1. The van der Waals surface area contributed by atoms with Crippen LogP contribution in [0.3, 0.4) is 0 Å². The standard InChI is InChI=1S/2C23H22N2O.C19H18N2O2.C19H22N2O.C18H19FN2.C18H20N2O2/c1-18-8-7-11-20(16-18)26-15-14-25-22-13-6-5-12-21(22)24-23(25)17-19-9-3-2-4-10-19;1-3-10-19(11-4-1)18-23-24-21-14-7-8-15-22(21)25(23)16-9-17-26-20-12-5-2-6-13-20;1-4-11-21-16-8-6-5-7-15(16)20-19(21)13-14-9-10-17(22-2)18(12-14)23-3;1-19(2,3)21-17-11-6-5-10-16(17)20-18(21)13-14-8-7-9-15(12-14)22-4;1-18(2,3)21-16-10-5-4-9-15(16)20-17(21)12-13-7-6-8-14(19)11-13;1-4-20-15-8-6-5-7-14(15)19-18(20)12-13-9-10-16(21-2)17(11-13)22-3/h2-13,16H,14-15,17H2,1H3;1-8,10-15H,9,16-18H2;1,5-10,12H,11,13H2,2-3H3;5-12H,13H2,1-4H3;4-11H,12H2,1-3H3;5-11H,4,12H2,1-3H3. The number of ether oxygens (including phenoxy) is 7. The van der Waals surface area contributed by atoms with Crippen molar-refractivity contribution in [2.75, 3.05) is 48.8 Å². The highest BCUT2D eigenvalue weighted by Crippen LogP contribution is 2.35. The summed E-state index contributed by atoms with van der Waals surface area (Å²) in [4.78, 5) is 28.8. The summed E-state index contributed by atoms with van der Waals surface area (Å²) in [6.07, 6.45) is 11.0. The molecule has 0 aliphatic carbocycles. The monoisotopic (exact) mass is 1860 g/mol. The van der Waals surface area contributed by atoms with Crippen molar-refractivity contribution in [2.24, 2.45) is 0 Å². The van der Waals surface area contributed by atoms with Crippen molar-refractivity contribution in [3.8, 4) is 52.6 Å². The predicted octanol–water partition coefficient (Wildman–Crippen LogP) is 26.0. The molecule has 712 valence electrons. The van der Waals surface area contributed by atoms with Gasteiger partial charge in [0.15, 0.2) is 23.0 Å². The molecular formula is C120H123FN12O7. The number of hydrogen-bond acceptors (Lipinski definition) is 13. The fraction of sp³-hybridized carbons (Fsp3) is 0.233. The van der Waals surface area contributed by atoms with Gasteiger partial charge < -0.3 is 60.6 Å². The predicted molar refractivity (Wildman–Crippen MR) is 564 cm³/mol. The number of aromatic nitrogens is 12. The van der Waals surface area contributed by atoms with Crippen LogP contribution in [0.1, 0.15) is 129 Å². The van der Waals surface area contributed by atoms with Gasteiger partial charge in [0, 0.05) is 62.7 Å². The molecular weight excluding hydrogens is 1740 g/mol. The van der Waals surface area contributed by atoms with Crippen molar-refractivity contribution in [3.63, 3.8) is 0 Å². The summed E-state index contributed by atoms with van der Waals surface area (Å²) in [7, 11) is 8.26. The van der Waals surface area contributed by atoms with Crippen molar-refractivity contribution < 1.29 is 37.5 Å². The summed E-state index contributed by atoms with van der Waals surface area (Å²) in [6, 6.07) is 115. The molecule has 20 aromatic rings. The zero-order chi connectivity index (χ0) is 97.9. The van der Waals surface area contributed by atoms with Gasteiger partial charge in [-0.25, -0.2) is 34.3 Å². The van der Waals surface area contributed by atoms with Gasteiger partial charge in [0.1, 0.15) is 64.6 Å². The first kappa shape index (κ1) is 98.5. The minimum atomic E-state index is -0.203. The average Bonchev–Trinajstić information content (AvgIpc) is 1.62. The highest BCUT2D eigenvalue weighted by molar-refractivity contribution is 5.80. The third-order valence-corrected chi connectivity index (χ3v) is 24.0. The molecule has 0 fully saturated rings. The van der Waals surface area contributed by atoms with Crippen LogP contribution in [-0.4, -0.2) is 106 Å². The van der Waals surface area contributed by atoms with E-state index < -0.39 is 0 Å². The Labute approximate surface area is 820 Å². The fourth-order valence-electron chi connectivity index (χ4n) is 17.6. The van der Waals surface area contributed by atoms with E-state index in [0.29, 0.717) is 44.1 Å². The summed E-state index contributed by atoms with van der Waals surface area (Å²) in [5, 5.41) is 0. The second-order valence-corrected chi connectivity index (χ2v) is 36.0. The Kier molecular flexibility index (Phi) is 33.2. The van der Waals surface area contributed by atoms with E-state index in [0.717, 1.165) is 182 Å². The molecule has 140 heavy (non-hydrogen) atoms. The lowest BCUT2D eigenvalue weighted by Crippen LogP contribution is -2.24. The van der Waals surface area contributed by atoms with Crippen LogP contribution in [0.4, 0.5) is 4.39 Å². The van der Waals surface area contributed by atoms with Gasteiger partial charge in [-0.3, -0.25) is 0 Å². The lowest BCUT2D eigenvalue weighted by Gasteiger charge is -2.24. The van der Waals surface area contributed by atoms with Crippen LogP contribution in [0, 0.1) is 25.1 Å². The molecule has 0 aliphatic rings. The lowest BCUT2D eigenvalue weighted by atomic mass is 10.1. The van der Waals surface area contributed by atoms with Gasteiger partial charge in [0.25, 0.3) is 0 Å². The second kappa shape index (κ2) is 47.2. The molecule has 0 saturated heterocycles.